The maximum Gasteiger partial charge on any atom is 0.160 e. The molecule has 0 saturated carbocycles. The van der Waals surface area contributed by atoms with E-state index < -0.39 is 0 Å². The molecule has 0 radical (unpaired) electrons. The quantitative estimate of drug-likeness (QED) is 0.704. The summed E-state index contributed by atoms with van der Waals surface area (Å²) in [5, 5.41) is 0. The van der Waals surface area contributed by atoms with Gasteiger partial charge >= 0.3 is 0 Å². The van der Waals surface area contributed by atoms with Crippen LogP contribution in [0.4, 0.5) is 0 Å². The average Bonchev–Trinajstić information content (AvgIpc) is 2.57. The van der Waals surface area contributed by atoms with Crippen LogP contribution in [0, 0.1) is 0 Å². The Hall–Kier alpha value is -1.03. The molecule has 1 aliphatic rings. The Labute approximate surface area is 83.5 Å². The fourth-order valence-electron chi connectivity index (χ4n) is 1.68. The number of aromatic nitrogens is 2. The normalized spacial score (nSPS) is 14.5. The van der Waals surface area contributed by atoms with Crippen molar-refractivity contribution in [3.63, 3.8) is 0 Å². The molecule has 4 heteroatoms. The summed E-state index contributed by atoms with van der Waals surface area (Å²) in [6.45, 7) is 1.65. The Kier molecular flexibility index (Phi) is 1.41. The number of nitrogens with zero attached hydrogens (tertiary/aromatic N) is 2. The van der Waals surface area contributed by atoms with Gasteiger partial charge in [-0.3, -0.25) is 4.98 Å². The minimum Gasteiger partial charge on any atom is -0.488 e. The lowest BCUT2D eigenvalue weighted by Crippen LogP contribution is -2.13. The number of halogens is 1. The summed E-state index contributed by atoms with van der Waals surface area (Å²) >= 11 is 3.43. The first-order valence-electron chi connectivity index (χ1n) is 4.12. The van der Waals surface area contributed by atoms with Crippen molar-refractivity contribution in [2.75, 3.05) is 6.61 Å². The highest BCUT2D eigenvalue weighted by atomic mass is 79.9. The van der Waals surface area contributed by atoms with Gasteiger partial charge in [-0.05, 0) is 22.0 Å². The fourth-order valence-corrected chi connectivity index (χ4v) is 2.08. The molecule has 2 aromatic rings. The molecule has 3 rings (SSSR count). The maximum absolute atomic E-state index is 5.58. The van der Waals surface area contributed by atoms with Crippen molar-refractivity contribution >= 4 is 27.0 Å². The van der Waals surface area contributed by atoms with Gasteiger partial charge in [-0.25, -0.2) is 0 Å². The summed E-state index contributed by atoms with van der Waals surface area (Å²) < 4.78 is 8.68. The zero-order valence-electron chi connectivity index (χ0n) is 6.83. The molecular formula is C9H7BrN2O. The third kappa shape index (κ3) is 0.920. The molecule has 0 aromatic carbocycles. The second kappa shape index (κ2) is 2.48. The van der Waals surface area contributed by atoms with Crippen LogP contribution in [0.25, 0.3) is 11.0 Å². The molecule has 0 spiro atoms. The van der Waals surface area contributed by atoms with Gasteiger partial charge in [-0.2, -0.15) is 0 Å². The molecule has 3 nitrogen and oxygen atoms in total. The van der Waals surface area contributed by atoms with Gasteiger partial charge in [-0.1, -0.05) is 0 Å². The smallest absolute Gasteiger partial charge is 0.160 e. The Morgan fingerprint density at radius 1 is 1.54 bits per heavy atom. The van der Waals surface area contributed by atoms with Gasteiger partial charge in [0.1, 0.15) is 12.1 Å². The summed E-state index contributed by atoms with van der Waals surface area (Å²) in [4.78, 5) is 4.30. The number of ether oxygens (including phenoxy) is 1. The van der Waals surface area contributed by atoms with E-state index >= 15 is 0 Å². The molecule has 0 saturated heterocycles. The number of pyridine rings is 1. The highest BCUT2D eigenvalue weighted by molar-refractivity contribution is 9.10. The van der Waals surface area contributed by atoms with Crippen LogP contribution in [0.5, 0.6) is 5.75 Å². The van der Waals surface area contributed by atoms with E-state index in [-0.39, 0.29) is 0 Å². The van der Waals surface area contributed by atoms with E-state index in [0.29, 0.717) is 0 Å². The standard InChI is InChI=1S/C9H7BrN2O/c10-6-5-11-7-1-2-12-3-4-13-9(6)8(7)12/h1-2,5H,3-4H2. The fraction of sp³-hybridized carbons (Fsp3) is 0.222. The molecule has 3 heterocycles. The maximum atomic E-state index is 5.58. The second-order valence-electron chi connectivity index (χ2n) is 3.03. The summed E-state index contributed by atoms with van der Waals surface area (Å²) in [5.41, 5.74) is 2.10. The van der Waals surface area contributed by atoms with Gasteiger partial charge in [0, 0.05) is 12.4 Å². The first-order chi connectivity index (χ1) is 6.36. The first-order valence-corrected chi connectivity index (χ1v) is 4.92. The lowest BCUT2D eigenvalue weighted by molar-refractivity contribution is 0.285. The Bertz CT molecular complexity index is 478. The van der Waals surface area contributed by atoms with Crippen LogP contribution in [0.1, 0.15) is 0 Å². The minimum atomic E-state index is 0.736. The summed E-state index contributed by atoms with van der Waals surface area (Å²) in [6, 6.07) is 2.01. The van der Waals surface area contributed by atoms with Crippen molar-refractivity contribution in [3.8, 4) is 5.75 Å². The zero-order chi connectivity index (χ0) is 8.84. The third-order valence-corrected chi connectivity index (χ3v) is 2.83. The van der Waals surface area contributed by atoms with Crippen LogP contribution in [-0.4, -0.2) is 16.2 Å². The second-order valence-corrected chi connectivity index (χ2v) is 3.88. The Morgan fingerprint density at radius 3 is 3.38 bits per heavy atom. The number of hydrogen-bond acceptors (Lipinski definition) is 2. The number of rotatable bonds is 0. The lowest BCUT2D eigenvalue weighted by atomic mass is 10.3. The summed E-state index contributed by atoms with van der Waals surface area (Å²) in [7, 11) is 0. The molecule has 0 aliphatic carbocycles. The predicted molar refractivity (Wildman–Crippen MR) is 52.9 cm³/mol. The molecule has 0 amide bonds. The van der Waals surface area contributed by atoms with Crippen molar-refractivity contribution < 1.29 is 4.74 Å². The van der Waals surface area contributed by atoms with Crippen molar-refractivity contribution in [3.05, 3.63) is 22.9 Å². The Morgan fingerprint density at radius 2 is 2.46 bits per heavy atom. The van der Waals surface area contributed by atoms with E-state index in [0.717, 1.165) is 34.4 Å². The molecule has 0 atom stereocenters. The van der Waals surface area contributed by atoms with Crippen molar-refractivity contribution in [2.45, 2.75) is 6.54 Å². The van der Waals surface area contributed by atoms with Crippen molar-refractivity contribution in [1.29, 1.82) is 0 Å². The topological polar surface area (TPSA) is 27.1 Å². The van der Waals surface area contributed by atoms with Crippen LogP contribution in [-0.2, 0) is 6.54 Å². The van der Waals surface area contributed by atoms with Gasteiger partial charge in [0.2, 0.25) is 0 Å². The van der Waals surface area contributed by atoms with E-state index in [4.69, 9.17) is 4.74 Å². The zero-order valence-corrected chi connectivity index (χ0v) is 8.41. The first kappa shape index (κ1) is 7.38. The van der Waals surface area contributed by atoms with E-state index in [2.05, 4.69) is 31.7 Å². The van der Waals surface area contributed by atoms with Gasteiger partial charge in [0.15, 0.2) is 5.75 Å². The molecule has 13 heavy (non-hydrogen) atoms. The van der Waals surface area contributed by atoms with Gasteiger partial charge in [-0.15, -0.1) is 0 Å². The molecule has 1 aliphatic heterocycles. The van der Waals surface area contributed by atoms with E-state index in [1.165, 1.54) is 0 Å². The van der Waals surface area contributed by atoms with E-state index in [1.54, 1.807) is 6.20 Å². The lowest BCUT2D eigenvalue weighted by Gasteiger charge is -2.17. The average molecular weight is 239 g/mol. The van der Waals surface area contributed by atoms with Gasteiger partial charge < -0.3 is 9.30 Å². The molecule has 0 unspecified atom stereocenters. The highest BCUT2D eigenvalue weighted by Crippen LogP contribution is 2.34. The van der Waals surface area contributed by atoms with Crippen LogP contribution in [0.2, 0.25) is 0 Å². The van der Waals surface area contributed by atoms with Gasteiger partial charge in [0.05, 0.1) is 16.5 Å². The SMILES string of the molecule is Brc1cnc2ccn3c2c1OCC3. The third-order valence-electron chi connectivity index (χ3n) is 2.27. The molecule has 0 bridgehead atoms. The minimum absolute atomic E-state index is 0.736. The van der Waals surface area contributed by atoms with E-state index in [9.17, 15) is 0 Å². The van der Waals surface area contributed by atoms with Crippen LogP contribution >= 0.6 is 15.9 Å². The molecule has 0 N–H and O–H groups in total. The van der Waals surface area contributed by atoms with Crippen LogP contribution < -0.4 is 4.74 Å². The molecule has 66 valence electrons. The Balaban J connectivity index is 2.50. The van der Waals surface area contributed by atoms with Crippen LogP contribution in [0.3, 0.4) is 0 Å². The van der Waals surface area contributed by atoms with Crippen LogP contribution in [0.15, 0.2) is 22.9 Å². The van der Waals surface area contributed by atoms with Gasteiger partial charge in [0.25, 0.3) is 0 Å². The monoisotopic (exact) mass is 238 g/mol. The number of hydrogen-bond donors (Lipinski definition) is 0. The molecule has 2 aromatic heterocycles. The van der Waals surface area contributed by atoms with Crippen molar-refractivity contribution in [2.24, 2.45) is 0 Å². The highest BCUT2D eigenvalue weighted by Gasteiger charge is 2.16. The molecular weight excluding hydrogens is 232 g/mol. The van der Waals surface area contributed by atoms with Crippen molar-refractivity contribution in [1.82, 2.24) is 9.55 Å². The predicted octanol–water partition coefficient (Wildman–Crippen LogP) is 2.19. The summed E-state index contributed by atoms with van der Waals surface area (Å²) in [5.74, 6) is 0.918. The van der Waals surface area contributed by atoms with E-state index in [1.807, 2.05) is 6.07 Å². The molecule has 0 fully saturated rings. The largest absolute Gasteiger partial charge is 0.488 e. The summed E-state index contributed by atoms with van der Waals surface area (Å²) in [6.07, 6.45) is 3.84.